The fourth-order valence-electron chi connectivity index (χ4n) is 8.38. The van der Waals surface area contributed by atoms with Gasteiger partial charge in [-0.15, -0.1) is 6.58 Å². The molecule has 0 atom stereocenters. The third-order valence-electron chi connectivity index (χ3n) is 10.5. The lowest BCUT2D eigenvalue weighted by molar-refractivity contribution is 0.545. The second kappa shape index (κ2) is 11.8. The van der Waals surface area contributed by atoms with Gasteiger partial charge < -0.3 is 13.7 Å². The Kier molecular flexibility index (Phi) is 7.21. The Hall–Kier alpha value is -5.54. The Bertz CT molecular complexity index is 2580. The molecule has 0 amide bonds. The van der Waals surface area contributed by atoms with E-state index in [1.807, 2.05) is 6.08 Å². The van der Waals surface area contributed by atoms with Crippen LogP contribution < -0.4 is 0 Å². The first-order valence-electron chi connectivity index (χ1n) is 18.1. The summed E-state index contributed by atoms with van der Waals surface area (Å²) in [5.41, 5.74) is 12.7. The van der Waals surface area contributed by atoms with Crippen molar-refractivity contribution < 1.29 is 0 Å². The molecule has 50 heavy (non-hydrogen) atoms. The van der Waals surface area contributed by atoms with Gasteiger partial charge in [-0.05, 0) is 94.8 Å². The maximum Gasteiger partial charge on any atom is 0.0494 e. The summed E-state index contributed by atoms with van der Waals surface area (Å²) in [6.07, 6.45) is 2.00. The lowest BCUT2D eigenvalue weighted by Crippen LogP contribution is -2.03. The molecule has 0 aliphatic heterocycles. The molecule has 0 saturated carbocycles. The van der Waals surface area contributed by atoms with Gasteiger partial charge >= 0.3 is 0 Å². The molecular formula is C47H43N3. The Labute approximate surface area is 293 Å². The van der Waals surface area contributed by atoms with Crippen LogP contribution in [0.5, 0.6) is 0 Å². The molecule has 0 radical (unpaired) electrons. The molecule has 9 aromatic rings. The Balaban J connectivity index is 1.21. The van der Waals surface area contributed by atoms with Crippen LogP contribution in [0, 0.1) is 11.8 Å². The molecule has 0 fully saturated rings. The van der Waals surface area contributed by atoms with Crippen LogP contribution in [0.15, 0.2) is 134 Å². The van der Waals surface area contributed by atoms with Crippen molar-refractivity contribution in [3.8, 4) is 22.3 Å². The van der Waals surface area contributed by atoms with Crippen molar-refractivity contribution in [1.29, 1.82) is 0 Å². The summed E-state index contributed by atoms with van der Waals surface area (Å²) in [5, 5.41) is 7.84. The predicted molar refractivity (Wildman–Crippen MR) is 216 cm³/mol. The number of hydrogen-bond acceptors (Lipinski definition) is 0. The van der Waals surface area contributed by atoms with Crippen LogP contribution in [0.4, 0.5) is 0 Å². The molecule has 3 heterocycles. The second-order valence-electron chi connectivity index (χ2n) is 14.9. The summed E-state index contributed by atoms with van der Waals surface area (Å²) >= 11 is 0. The van der Waals surface area contributed by atoms with Gasteiger partial charge in [-0.2, -0.15) is 0 Å². The standard InChI is InChI=1S/C47H43N3/c1-6-23-48-44-19-15-34(32-17-21-46-38(24-32)36-11-7-9-13-42(36)49(46)28-30(2)3)26-40(44)41-27-35(16-20-45(41)48)33-18-22-47-39(25-33)37-12-8-10-14-43(37)50(47)29-31(4)5/h6-22,24-27,30-31H,1,23,28-29H2,2-5H3. The van der Waals surface area contributed by atoms with Crippen LogP contribution in [0.1, 0.15) is 27.7 Å². The number of rotatable bonds is 8. The van der Waals surface area contributed by atoms with Crippen molar-refractivity contribution in [3.05, 3.63) is 134 Å². The molecular weight excluding hydrogens is 607 g/mol. The van der Waals surface area contributed by atoms with Crippen molar-refractivity contribution in [3.63, 3.8) is 0 Å². The van der Waals surface area contributed by atoms with E-state index in [9.17, 15) is 0 Å². The summed E-state index contributed by atoms with van der Waals surface area (Å²) < 4.78 is 7.38. The molecule has 6 aromatic carbocycles. The first kappa shape index (κ1) is 30.5. The number of benzene rings is 6. The largest absolute Gasteiger partial charge is 0.340 e. The lowest BCUT2D eigenvalue weighted by atomic mass is 9.98. The third kappa shape index (κ3) is 4.79. The molecule has 0 unspecified atom stereocenters. The predicted octanol–water partition coefficient (Wildman–Crippen LogP) is 12.8. The highest BCUT2D eigenvalue weighted by Gasteiger charge is 2.17. The fourth-order valence-corrected chi connectivity index (χ4v) is 8.38. The van der Waals surface area contributed by atoms with Gasteiger partial charge in [0.05, 0.1) is 0 Å². The summed E-state index contributed by atoms with van der Waals surface area (Å²) in [6.45, 7) is 16.1. The number of allylic oxidation sites excluding steroid dienone is 1. The summed E-state index contributed by atoms with van der Waals surface area (Å²) in [6, 6.07) is 45.7. The molecule has 3 aromatic heterocycles. The van der Waals surface area contributed by atoms with Gasteiger partial charge in [-0.1, -0.05) is 94.4 Å². The van der Waals surface area contributed by atoms with Crippen molar-refractivity contribution in [2.75, 3.05) is 0 Å². The van der Waals surface area contributed by atoms with Crippen LogP contribution in [0.25, 0.3) is 87.7 Å². The van der Waals surface area contributed by atoms with Gasteiger partial charge in [-0.25, -0.2) is 0 Å². The first-order valence-corrected chi connectivity index (χ1v) is 18.1. The van der Waals surface area contributed by atoms with E-state index in [-0.39, 0.29) is 0 Å². The number of fused-ring (bicyclic) bond motifs is 9. The normalized spacial score (nSPS) is 12.3. The number of para-hydroxylation sites is 2. The van der Waals surface area contributed by atoms with Crippen LogP contribution in [0.2, 0.25) is 0 Å². The van der Waals surface area contributed by atoms with E-state index in [2.05, 4.69) is 169 Å². The molecule has 0 aliphatic carbocycles. The van der Waals surface area contributed by atoms with E-state index in [0.29, 0.717) is 11.8 Å². The van der Waals surface area contributed by atoms with E-state index in [4.69, 9.17) is 0 Å². The molecule has 3 heteroatoms. The van der Waals surface area contributed by atoms with Crippen LogP contribution in [-0.4, -0.2) is 13.7 Å². The highest BCUT2D eigenvalue weighted by Crippen LogP contribution is 2.39. The van der Waals surface area contributed by atoms with E-state index in [1.165, 1.54) is 87.7 Å². The summed E-state index contributed by atoms with van der Waals surface area (Å²) in [7, 11) is 0. The fraction of sp³-hybridized carbons (Fsp3) is 0.191. The van der Waals surface area contributed by atoms with Crippen LogP contribution in [0.3, 0.4) is 0 Å². The third-order valence-corrected chi connectivity index (χ3v) is 10.5. The zero-order chi connectivity index (χ0) is 34.1. The van der Waals surface area contributed by atoms with Crippen LogP contribution >= 0.6 is 0 Å². The highest BCUT2D eigenvalue weighted by molar-refractivity contribution is 6.13. The van der Waals surface area contributed by atoms with Crippen LogP contribution in [-0.2, 0) is 19.6 Å². The lowest BCUT2D eigenvalue weighted by Gasteiger charge is -2.11. The average Bonchev–Trinajstić information content (AvgIpc) is 3.73. The molecule has 3 nitrogen and oxygen atoms in total. The average molecular weight is 650 g/mol. The zero-order valence-electron chi connectivity index (χ0n) is 29.4. The molecule has 246 valence electrons. The van der Waals surface area contributed by atoms with E-state index < -0.39 is 0 Å². The summed E-state index contributed by atoms with van der Waals surface area (Å²) in [5.74, 6) is 1.14. The molecule has 0 N–H and O–H groups in total. The SMILES string of the molecule is C=CCn1c2ccc(-c3ccc4c(c3)c3ccccc3n4CC(C)C)cc2c2cc(-c3ccc4c(c3)c3ccccc3n4CC(C)C)ccc21. The Morgan fingerprint density at radius 2 is 0.740 bits per heavy atom. The van der Waals surface area contributed by atoms with Crippen molar-refractivity contribution >= 4 is 65.4 Å². The van der Waals surface area contributed by atoms with Crippen molar-refractivity contribution in [1.82, 2.24) is 13.7 Å². The maximum atomic E-state index is 4.10. The minimum absolute atomic E-state index is 0.570. The smallest absolute Gasteiger partial charge is 0.0494 e. The zero-order valence-corrected chi connectivity index (χ0v) is 29.4. The van der Waals surface area contributed by atoms with Crippen molar-refractivity contribution in [2.45, 2.75) is 47.3 Å². The van der Waals surface area contributed by atoms with Gasteiger partial charge in [0, 0.05) is 85.1 Å². The topological polar surface area (TPSA) is 14.8 Å². The maximum absolute atomic E-state index is 4.10. The van der Waals surface area contributed by atoms with Gasteiger partial charge in [-0.3, -0.25) is 0 Å². The Morgan fingerprint density at radius 3 is 1.10 bits per heavy atom. The minimum atomic E-state index is 0.570. The van der Waals surface area contributed by atoms with E-state index in [1.54, 1.807) is 0 Å². The summed E-state index contributed by atoms with van der Waals surface area (Å²) in [4.78, 5) is 0. The number of aromatic nitrogens is 3. The van der Waals surface area contributed by atoms with Gasteiger partial charge in [0.25, 0.3) is 0 Å². The van der Waals surface area contributed by atoms with Gasteiger partial charge in [0.1, 0.15) is 0 Å². The molecule has 9 rings (SSSR count). The molecule has 0 saturated heterocycles. The molecule has 0 bridgehead atoms. The monoisotopic (exact) mass is 649 g/mol. The van der Waals surface area contributed by atoms with Gasteiger partial charge in [0.15, 0.2) is 0 Å². The molecule has 0 spiro atoms. The quantitative estimate of drug-likeness (QED) is 0.146. The highest BCUT2D eigenvalue weighted by atomic mass is 15.0. The van der Waals surface area contributed by atoms with Crippen molar-refractivity contribution in [2.24, 2.45) is 11.8 Å². The van der Waals surface area contributed by atoms with Gasteiger partial charge in [0.2, 0.25) is 0 Å². The Morgan fingerprint density at radius 1 is 0.420 bits per heavy atom. The van der Waals surface area contributed by atoms with E-state index >= 15 is 0 Å². The van der Waals surface area contributed by atoms with E-state index in [0.717, 1.165) is 19.6 Å². The minimum Gasteiger partial charge on any atom is -0.340 e. The number of nitrogens with zero attached hydrogens (tertiary/aromatic N) is 3. The number of hydrogen-bond donors (Lipinski definition) is 0. The molecule has 0 aliphatic rings. The second-order valence-corrected chi connectivity index (χ2v) is 14.9. The first-order chi connectivity index (χ1) is 24.4.